The van der Waals surface area contributed by atoms with Crippen LogP contribution in [0.15, 0.2) is 49.3 Å². The van der Waals surface area contributed by atoms with Crippen LogP contribution in [0.1, 0.15) is 41.0 Å². The second-order valence-corrected chi connectivity index (χ2v) is 9.33. The Kier molecular flexibility index (Phi) is 7.34. The van der Waals surface area contributed by atoms with Crippen molar-refractivity contribution in [1.29, 1.82) is 0 Å². The third kappa shape index (κ3) is 5.17. The molecular weight excluding hydrogens is 551 g/mol. The molecule has 1 fully saturated rings. The molecule has 1 aliphatic rings. The van der Waals surface area contributed by atoms with Gasteiger partial charge in [-0.25, -0.2) is 32.9 Å². The number of anilines is 2. The molecular formula is C25H21ClF3N9O2. The second-order valence-electron chi connectivity index (χ2n) is 8.93. The fourth-order valence-electron chi connectivity index (χ4n) is 4.09. The Balaban J connectivity index is 1.31. The molecule has 1 aliphatic heterocycles. The van der Waals surface area contributed by atoms with Gasteiger partial charge < -0.3 is 10.2 Å². The zero-order valence-corrected chi connectivity index (χ0v) is 21.8. The summed E-state index contributed by atoms with van der Waals surface area (Å²) in [6.45, 7) is 2.94. The average molecular weight is 572 g/mol. The molecule has 0 radical (unpaired) electrons. The minimum absolute atomic E-state index is 0.171. The van der Waals surface area contributed by atoms with Crippen LogP contribution in [-0.4, -0.2) is 66.7 Å². The summed E-state index contributed by atoms with van der Waals surface area (Å²) in [5.74, 6) is -1.49. The van der Waals surface area contributed by atoms with Crippen molar-refractivity contribution in [2.75, 3.05) is 30.4 Å². The molecule has 206 valence electrons. The lowest BCUT2D eigenvalue weighted by Gasteiger charge is -2.16. The Morgan fingerprint density at radius 3 is 2.52 bits per heavy atom. The molecule has 3 aromatic heterocycles. The van der Waals surface area contributed by atoms with E-state index in [9.17, 15) is 22.8 Å². The van der Waals surface area contributed by atoms with Crippen LogP contribution in [0.5, 0.6) is 0 Å². The molecule has 5 rings (SSSR count). The van der Waals surface area contributed by atoms with Crippen LogP contribution in [0.2, 0.25) is 5.02 Å². The van der Waals surface area contributed by atoms with Crippen LogP contribution < -0.4 is 10.2 Å². The Bertz CT molecular complexity index is 1580. The summed E-state index contributed by atoms with van der Waals surface area (Å²) < 4.78 is 43.3. The molecule has 4 aromatic rings. The van der Waals surface area contributed by atoms with Crippen LogP contribution in [0, 0.1) is 5.82 Å². The van der Waals surface area contributed by atoms with Gasteiger partial charge in [0.15, 0.2) is 5.82 Å². The number of likely N-dealkylation sites (N-methyl/N-ethyl adjacent to an activating group) is 1. The number of amides is 3. The van der Waals surface area contributed by atoms with Gasteiger partial charge in [0.25, 0.3) is 12.3 Å². The van der Waals surface area contributed by atoms with Crippen LogP contribution in [0.4, 0.5) is 29.6 Å². The highest BCUT2D eigenvalue weighted by Gasteiger charge is 2.28. The summed E-state index contributed by atoms with van der Waals surface area (Å²) in [6, 6.07) is 1.53. The van der Waals surface area contributed by atoms with Crippen molar-refractivity contribution >= 4 is 35.2 Å². The summed E-state index contributed by atoms with van der Waals surface area (Å²) in [7, 11) is 1.71. The van der Waals surface area contributed by atoms with Crippen molar-refractivity contribution in [3.63, 3.8) is 0 Å². The number of carbonyl (C=O) groups is 2. The normalized spacial score (nSPS) is 14.2. The lowest BCUT2D eigenvalue weighted by molar-refractivity contribution is 0.102. The van der Waals surface area contributed by atoms with E-state index in [0.717, 1.165) is 24.5 Å². The van der Waals surface area contributed by atoms with Gasteiger partial charge in [-0.15, -0.1) is 0 Å². The zero-order chi connectivity index (χ0) is 28.6. The number of alkyl halides is 2. The number of nitrogens with zero attached hydrogens (tertiary/aromatic N) is 8. The highest BCUT2D eigenvalue weighted by Crippen LogP contribution is 2.35. The molecule has 15 heteroatoms. The maximum Gasteiger partial charge on any atom is 0.326 e. The topological polar surface area (TPSA) is 122 Å². The summed E-state index contributed by atoms with van der Waals surface area (Å²) in [6.07, 6.45) is 5.37. The predicted octanol–water partition coefficient (Wildman–Crippen LogP) is 4.59. The molecule has 1 saturated heterocycles. The first-order valence-corrected chi connectivity index (χ1v) is 12.3. The minimum Gasteiger partial charge on any atom is -0.326 e. The maximum absolute atomic E-state index is 14.7. The van der Waals surface area contributed by atoms with Gasteiger partial charge >= 0.3 is 6.03 Å². The summed E-state index contributed by atoms with van der Waals surface area (Å²) in [5.41, 5.74) is -0.626. The number of aromatic nitrogens is 6. The Morgan fingerprint density at radius 2 is 1.85 bits per heavy atom. The average Bonchev–Trinajstić information content (AvgIpc) is 3.55. The van der Waals surface area contributed by atoms with E-state index >= 15 is 0 Å². The molecule has 11 nitrogen and oxygen atoms in total. The number of hydrogen-bond acceptors (Lipinski definition) is 7. The number of nitrogens with one attached hydrogen (secondary N) is 1. The molecule has 1 atom stereocenters. The molecule has 3 amide bonds. The molecule has 40 heavy (non-hydrogen) atoms. The minimum atomic E-state index is -3.00. The first kappa shape index (κ1) is 27.0. The Morgan fingerprint density at radius 1 is 1.10 bits per heavy atom. The number of carbonyl (C=O) groups excluding carboxylic acids is 2. The first-order chi connectivity index (χ1) is 19.1. The number of benzene rings is 1. The predicted molar refractivity (Wildman–Crippen MR) is 139 cm³/mol. The number of urea groups is 1. The van der Waals surface area contributed by atoms with Crippen molar-refractivity contribution < 1.29 is 22.8 Å². The molecule has 1 aromatic carbocycles. The SMILES string of the molecule is CC(c1cnc(N2CCN(C)C2=O)nc1)n1cc(NC(=O)c2cncc(-c3c(C(F)F)ccc(Cl)c3F)n2)cn1. The van der Waals surface area contributed by atoms with E-state index in [1.807, 2.05) is 6.92 Å². The molecule has 0 saturated carbocycles. The second kappa shape index (κ2) is 10.9. The van der Waals surface area contributed by atoms with E-state index in [0.29, 0.717) is 30.3 Å². The van der Waals surface area contributed by atoms with E-state index in [4.69, 9.17) is 11.6 Å². The van der Waals surface area contributed by atoms with E-state index in [1.165, 1.54) is 11.1 Å². The third-order valence-corrected chi connectivity index (χ3v) is 6.63. The lowest BCUT2D eigenvalue weighted by atomic mass is 10.0. The maximum atomic E-state index is 14.7. The molecule has 1 unspecified atom stereocenters. The Hall–Kier alpha value is -4.59. The summed E-state index contributed by atoms with van der Waals surface area (Å²) in [5, 5.41) is 6.51. The van der Waals surface area contributed by atoms with Crippen molar-refractivity contribution in [3.8, 4) is 11.3 Å². The van der Waals surface area contributed by atoms with Crippen molar-refractivity contribution in [2.24, 2.45) is 0 Å². The number of halogens is 4. The van der Waals surface area contributed by atoms with Gasteiger partial charge in [-0.1, -0.05) is 17.7 Å². The van der Waals surface area contributed by atoms with E-state index in [1.54, 1.807) is 35.2 Å². The number of hydrogen-bond donors (Lipinski definition) is 1. The fraction of sp³-hybridized carbons (Fsp3) is 0.240. The largest absolute Gasteiger partial charge is 0.326 e. The monoisotopic (exact) mass is 571 g/mol. The standard InChI is InChI=1S/C25H21ClF3N9O2/c1-13(14-7-31-24(32-8-14)37-6-5-36(2)25(37)40)38-12-15(9-33-38)34-23(39)19-11-30-10-18(35-19)20-16(22(28)29)3-4-17(26)21(20)27/h3-4,7-13,22H,5-6H2,1-2H3,(H,34,39). The van der Waals surface area contributed by atoms with Gasteiger partial charge in [-0.05, 0) is 13.0 Å². The van der Waals surface area contributed by atoms with E-state index < -0.39 is 29.3 Å². The van der Waals surface area contributed by atoms with Gasteiger partial charge in [0.1, 0.15) is 5.69 Å². The fourth-order valence-corrected chi connectivity index (χ4v) is 4.24. The van der Waals surface area contributed by atoms with Gasteiger partial charge in [-0.3, -0.25) is 19.4 Å². The van der Waals surface area contributed by atoms with Crippen LogP contribution in [0.3, 0.4) is 0 Å². The smallest absolute Gasteiger partial charge is 0.326 e. The summed E-state index contributed by atoms with van der Waals surface area (Å²) in [4.78, 5) is 44.6. The number of rotatable bonds is 7. The van der Waals surface area contributed by atoms with Crippen molar-refractivity contribution in [2.45, 2.75) is 19.4 Å². The van der Waals surface area contributed by atoms with Crippen LogP contribution in [0.25, 0.3) is 11.3 Å². The Labute approximate surface area is 230 Å². The zero-order valence-electron chi connectivity index (χ0n) is 21.1. The molecule has 0 bridgehead atoms. The van der Waals surface area contributed by atoms with E-state index in [2.05, 4.69) is 30.4 Å². The van der Waals surface area contributed by atoms with Crippen LogP contribution >= 0.6 is 11.6 Å². The van der Waals surface area contributed by atoms with Gasteiger partial charge in [0.05, 0.1) is 41.0 Å². The van der Waals surface area contributed by atoms with E-state index in [-0.39, 0.29) is 28.5 Å². The van der Waals surface area contributed by atoms with Gasteiger partial charge in [-0.2, -0.15) is 5.10 Å². The highest BCUT2D eigenvalue weighted by atomic mass is 35.5. The quantitative estimate of drug-likeness (QED) is 0.344. The highest BCUT2D eigenvalue weighted by molar-refractivity contribution is 6.31. The van der Waals surface area contributed by atoms with Crippen molar-refractivity contribution in [3.05, 3.63) is 77.0 Å². The lowest BCUT2D eigenvalue weighted by Crippen LogP contribution is -2.30. The molecule has 1 N–H and O–H groups in total. The molecule has 4 heterocycles. The van der Waals surface area contributed by atoms with Gasteiger partial charge in [0, 0.05) is 55.4 Å². The van der Waals surface area contributed by atoms with Crippen LogP contribution in [-0.2, 0) is 0 Å². The summed E-state index contributed by atoms with van der Waals surface area (Å²) >= 11 is 5.79. The molecule has 0 spiro atoms. The van der Waals surface area contributed by atoms with Crippen molar-refractivity contribution in [1.82, 2.24) is 34.6 Å². The van der Waals surface area contributed by atoms with Gasteiger partial charge in [0.2, 0.25) is 5.95 Å². The molecule has 0 aliphatic carbocycles. The first-order valence-electron chi connectivity index (χ1n) is 11.9. The third-order valence-electron chi connectivity index (χ3n) is 6.34.